The van der Waals surface area contributed by atoms with Gasteiger partial charge in [0.15, 0.2) is 0 Å². The normalized spacial score (nSPS) is 10.6. The van der Waals surface area contributed by atoms with E-state index < -0.39 is 0 Å². The summed E-state index contributed by atoms with van der Waals surface area (Å²) in [5.41, 5.74) is 3.69. The summed E-state index contributed by atoms with van der Waals surface area (Å²) in [4.78, 5) is 2.02. The van der Waals surface area contributed by atoms with Crippen LogP contribution in [-0.2, 0) is 0 Å². The zero-order chi connectivity index (χ0) is 10.9. The maximum atomic E-state index is 10.0. The van der Waals surface area contributed by atoms with Crippen LogP contribution in [0, 0.1) is 20.8 Å². The number of hydrogen-bond donors (Lipinski definition) is 1. The fourth-order valence-corrected chi connectivity index (χ4v) is 3.15. The largest absolute Gasteiger partial charge is 0.506 e. The van der Waals surface area contributed by atoms with Gasteiger partial charge in [-0.25, -0.2) is 0 Å². The van der Waals surface area contributed by atoms with Crippen molar-refractivity contribution in [1.82, 2.24) is 0 Å². The van der Waals surface area contributed by atoms with Gasteiger partial charge in [-0.05, 0) is 50.0 Å². The minimum absolute atomic E-state index is 0.450. The summed E-state index contributed by atoms with van der Waals surface area (Å²) in [5.74, 6) is 0.450. The number of hydrogen-bond acceptors (Lipinski definition) is 3. The van der Waals surface area contributed by atoms with Crippen LogP contribution in [-0.4, -0.2) is 17.6 Å². The Morgan fingerprint density at radius 1 is 0.786 bits per heavy atom. The van der Waals surface area contributed by atoms with Crippen molar-refractivity contribution >= 4 is 23.5 Å². The van der Waals surface area contributed by atoms with Crippen LogP contribution >= 0.6 is 23.5 Å². The lowest BCUT2D eigenvalue weighted by molar-refractivity contribution is 0.446. The summed E-state index contributed by atoms with van der Waals surface area (Å²) in [6.45, 7) is 6.25. The van der Waals surface area contributed by atoms with Gasteiger partial charge in [-0.3, -0.25) is 0 Å². The van der Waals surface area contributed by atoms with Crippen LogP contribution < -0.4 is 0 Å². The van der Waals surface area contributed by atoms with Crippen molar-refractivity contribution in [2.75, 3.05) is 12.5 Å². The van der Waals surface area contributed by atoms with E-state index in [1.54, 1.807) is 23.5 Å². The van der Waals surface area contributed by atoms with Crippen molar-refractivity contribution in [3.63, 3.8) is 0 Å². The summed E-state index contributed by atoms with van der Waals surface area (Å²) < 4.78 is 0. The SMILES string of the molecule is CSc1c(C)c(C)c(C)c(SC)c1O. The lowest BCUT2D eigenvalue weighted by atomic mass is 10.0. The molecule has 1 nitrogen and oxygen atoms in total. The van der Waals surface area contributed by atoms with E-state index in [9.17, 15) is 5.11 Å². The van der Waals surface area contributed by atoms with Gasteiger partial charge in [0, 0.05) is 0 Å². The highest BCUT2D eigenvalue weighted by molar-refractivity contribution is 7.99. The summed E-state index contributed by atoms with van der Waals surface area (Å²) in [7, 11) is 0. The number of benzene rings is 1. The summed E-state index contributed by atoms with van der Waals surface area (Å²) in [6, 6.07) is 0. The van der Waals surface area contributed by atoms with Crippen LogP contribution in [0.5, 0.6) is 5.75 Å². The first-order valence-electron chi connectivity index (χ1n) is 4.45. The molecule has 0 aliphatic heterocycles. The first-order chi connectivity index (χ1) is 6.54. The van der Waals surface area contributed by atoms with Gasteiger partial charge in [0.2, 0.25) is 0 Å². The van der Waals surface area contributed by atoms with Gasteiger partial charge in [0.05, 0.1) is 9.79 Å². The number of aromatic hydroxyl groups is 1. The number of phenols is 1. The molecule has 0 heterocycles. The molecule has 0 spiro atoms. The smallest absolute Gasteiger partial charge is 0.143 e. The molecular formula is C11H16OS2. The van der Waals surface area contributed by atoms with Gasteiger partial charge < -0.3 is 5.11 Å². The van der Waals surface area contributed by atoms with Crippen molar-refractivity contribution in [3.05, 3.63) is 16.7 Å². The highest BCUT2D eigenvalue weighted by atomic mass is 32.2. The van der Waals surface area contributed by atoms with Crippen molar-refractivity contribution < 1.29 is 5.11 Å². The first-order valence-corrected chi connectivity index (χ1v) is 6.90. The maximum Gasteiger partial charge on any atom is 0.143 e. The van der Waals surface area contributed by atoms with Crippen LogP contribution in [0.15, 0.2) is 9.79 Å². The van der Waals surface area contributed by atoms with Crippen molar-refractivity contribution in [2.45, 2.75) is 30.6 Å². The van der Waals surface area contributed by atoms with Gasteiger partial charge in [-0.1, -0.05) is 0 Å². The molecule has 0 radical (unpaired) electrons. The second-order valence-electron chi connectivity index (χ2n) is 3.29. The summed E-state index contributed by atoms with van der Waals surface area (Å²) in [6.07, 6.45) is 4.00. The second-order valence-corrected chi connectivity index (χ2v) is 4.92. The molecule has 1 rings (SSSR count). The van der Waals surface area contributed by atoms with Crippen molar-refractivity contribution in [1.29, 1.82) is 0 Å². The zero-order valence-corrected chi connectivity index (χ0v) is 10.9. The third kappa shape index (κ3) is 1.75. The minimum Gasteiger partial charge on any atom is -0.506 e. The Bertz CT molecular complexity index is 328. The van der Waals surface area contributed by atoms with E-state index in [4.69, 9.17) is 0 Å². The standard InChI is InChI=1S/C11H16OS2/c1-6-7(2)10(13-4)9(12)11(14-5)8(6)3/h12H,1-5H3. The van der Waals surface area contributed by atoms with E-state index >= 15 is 0 Å². The van der Waals surface area contributed by atoms with E-state index in [0.29, 0.717) is 5.75 Å². The molecule has 0 atom stereocenters. The monoisotopic (exact) mass is 228 g/mol. The maximum absolute atomic E-state index is 10.0. The van der Waals surface area contributed by atoms with Crippen molar-refractivity contribution in [2.24, 2.45) is 0 Å². The topological polar surface area (TPSA) is 20.2 Å². The molecule has 1 aromatic carbocycles. The predicted octanol–water partition coefficient (Wildman–Crippen LogP) is 3.76. The fourth-order valence-electron chi connectivity index (χ4n) is 1.58. The van der Waals surface area contributed by atoms with Crippen LogP contribution in [0.4, 0.5) is 0 Å². The number of phenolic OH excluding ortho intramolecular Hbond substituents is 1. The first kappa shape index (κ1) is 11.8. The third-order valence-corrected chi connectivity index (χ3v) is 4.46. The molecule has 78 valence electrons. The lowest BCUT2D eigenvalue weighted by Crippen LogP contribution is -1.93. The lowest BCUT2D eigenvalue weighted by Gasteiger charge is -2.16. The van der Waals surface area contributed by atoms with E-state index in [1.165, 1.54) is 16.7 Å². The van der Waals surface area contributed by atoms with Gasteiger partial charge in [0.1, 0.15) is 5.75 Å². The molecule has 0 amide bonds. The zero-order valence-electron chi connectivity index (χ0n) is 9.26. The van der Waals surface area contributed by atoms with E-state index in [0.717, 1.165) is 9.79 Å². The Hall–Kier alpha value is -0.280. The Morgan fingerprint density at radius 3 is 1.43 bits per heavy atom. The Kier molecular flexibility index (Phi) is 3.78. The Labute approximate surface area is 94.3 Å². The molecule has 3 heteroatoms. The van der Waals surface area contributed by atoms with Crippen LogP contribution in [0.3, 0.4) is 0 Å². The molecule has 0 fully saturated rings. The molecule has 0 aromatic heterocycles. The highest BCUT2D eigenvalue weighted by Gasteiger charge is 2.15. The molecule has 0 aliphatic carbocycles. The highest BCUT2D eigenvalue weighted by Crippen LogP contribution is 2.42. The molecule has 1 aromatic rings. The molecule has 0 bridgehead atoms. The van der Waals surface area contributed by atoms with Crippen LogP contribution in [0.2, 0.25) is 0 Å². The van der Waals surface area contributed by atoms with Gasteiger partial charge in [-0.15, -0.1) is 23.5 Å². The number of thioether (sulfide) groups is 2. The molecule has 1 N–H and O–H groups in total. The van der Waals surface area contributed by atoms with Crippen molar-refractivity contribution in [3.8, 4) is 5.75 Å². The fraction of sp³-hybridized carbons (Fsp3) is 0.455. The molecule has 0 saturated heterocycles. The molecule has 0 saturated carbocycles. The van der Waals surface area contributed by atoms with E-state index in [-0.39, 0.29) is 0 Å². The average Bonchev–Trinajstić information content (AvgIpc) is 2.16. The van der Waals surface area contributed by atoms with Gasteiger partial charge >= 0.3 is 0 Å². The summed E-state index contributed by atoms with van der Waals surface area (Å²) in [5, 5.41) is 10.0. The van der Waals surface area contributed by atoms with Crippen LogP contribution in [0.1, 0.15) is 16.7 Å². The van der Waals surface area contributed by atoms with Gasteiger partial charge in [-0.2, -0.15) is 0 Å². The quantitative estimate of drug-likeness (QED) is 0.778. The van der Waals surface area contributed by atoms with Crippen LogP contribution in [0.25, 0.3) is 0 Å². The van der Waals surface area contributed by atoms with E-state index in [2.05, 4.69) is 20.8 Å². The minimum atomic E-state index is 0.450. The summed E-state index contributed by atoms with van der Waals surface area (Å²) >= 11 is 3.22. The third-order valence-electron chi connectivity index (χ3n) is 2.64. The Morgan fingerprint density at radius 2 is 1.14 bits per heavy atom. The molecule has 0 unspecified atom stereocenters. The average molecular weight is 228 g/mol. The predicted molar refractivity (Wildman–Crippen MR) is 65.9 cm³/mol. The van der Waals surface area contributed by atoms with E-state index in [1.807, 2.05) is 12.5 Å². The number of rotatable bonds is 2. The molecular weight excluding hydrogens is 212 g/mol. The Balaban J connectivity index is 3.56. The molecule has 14 heavy (non-hydrogen) atoms. The second kappa shape index (κ2) is 4.49. The molecule has 0 aliphatic rings. The van der Waals surface area contributed by atoms with Gasteiger partial charge in [0.25, 0.3) is 0 Å².